The van der Waals surface area contributed by atoms with Crippen LogP contribution in [0.1, 0.15) is 25.3 Å². The van der Waals surface area contributed by atoms with Gasteiger partial charge in [-0.2, -0.15) is 0 Å². The van der Waals surface area contributed by atoms with Gasteiger partial charge >= 0.3 is 0 Å². The van der Waals surface area contributed by atoms with Gasteiger partial charge in [-0.1, -0.05) is 47.5 Å². The molecule has 1 aliphatic carbocycles. The molecule has 2 heteroatoms. The van der Waals surface area contributed by atoms with Crippen molar-refractivity contribution in [1.82, 2.24) is 0 Å². The summed E-state index contributed by atoms with van der Waals surface area (Å²) in [6, 6.07) is 27.8. The fourth-order valence-corrected chi connectivity index (χ4v) is 3.47. The first kappa shape index (κ1) is 18.1. The first-order chi connectivity index (χ1) is 13.7. The summed E-state index contributed by atoms with van der Waals surface area (Å²) < 4.78 is 0. The lowest BCUT2D eigenvalue weighted by Gasteiger charge is -2.29. The third-order valence-corrected chi connectivity index (χ3v) is 5.10. The van der Waals surface area contributed by atoms with Crippen LogP contribution in [0.2, 0.25) is 0 Å². The van der Waals surface area contributed by atoms with Gasteiger partial charge in [0.1, 0.15) is 0 Å². The molecule has 0 radical (unpaired) electrons. The largest absolute Gasteiger partial charge is 0.356 e. The van der Waals surface area contributed by atoms with Crippen LogP contribution in [0.3, 0.4) is 0 Å². The van der Waals surface area contributed by atoms with E-state index >= 15 is 0 Å². The van der Waals surface area contributed by atoms with E-state index in [9.17, 15) is 0 Å². The molecule has 28 heavy (non-hydrogen) atoms. The van der Waals surface area contributed by atoms with Crippen LogP contribution in [-0.4, -0.2) is 0 Å². The first-order valence-electron chi connectivity index (χ1n) is 9.84. The number of aryl methyl sites for hydroxylation is 1. The first-order valence-corrected chi connectivity index (χ1v) is 9.84. The summed E-state index contributed by atoms with van der Waals surface area (Å²) in [6.45, 7) is 4.30. The molecular weight excluding hydrogens is 340 g/mol. The molecule has 0 saturated heterocycles. The van der Waals surface area contributed by atoms with Gasteiger partial charge in [-0.3, -0.25) is 0 Å². The number of hydrogen-bond donors (Lipinski definition) is 1. The minimum Gasteiger partial charge on any atom is -0.356 e. The molecule has 0 aromatic heterocycles. The van der Waals surface area contributed by atoms with E-state index < -0.39 is 0 Å². The average molecular weight is 367 g/mol. The number of para-hydroxylation sites is 1. The quantitative estimate of drug-likeness (QED) is 0.503. The molecule has 0 saturated carbocycles. The van der Waals surface area contributed by atoms with E-state index in [0.717, 1.165) is 24.2 Å². The van der Waals surface area contributed by atoms with Gasteiger partial charge in [0.25, 0.3) is 0 Å². The Bertz CT molecular complexity index is 981. The standard InChI is InChI=1S/C26H26N2/c1-20-8-12-22(13-9-20)27-23-14-18-26(19-15-23)28(24-6-4-3-5-7-24)25-16-10-21(2)11-17-25/h3-10,12-16,18-19,27H,11,17H2,1-2H3. The lowest BCUT2D eigenvalue weighted by molar-refractivity contribution is 0.875. The molecule has 0 bridgehead atoms. The lowest BCUT2D eigenvalue weighted by Crippen LogP contribution is -2.17. The van der Waals surface area contributed by atoms with E-state index in [-0.39, 0.29) is 0 Å². The SMILES string of the molecule is CC1=CC=C(N(c2ccccc2)c2ccc(Nc3ccc(C)cc3)cc2)CC1. The molecule has 1 N–H and O–H groups in total. The minimum absolute atomic E-state index is 1.06. The van der Waals surface area contributed by atoms with Crippen LogP contribution < -0.4 is 10.2 Å². The Kier molecular flexibility index (Phi) is 5.29. The molecule has 3 aromatic carbocycles. The second kappa shape index (κ2) is 8.18. The van der Waals surface area contributed by atoms with Crippen molar-refractivity contribution in [3.8, 4) is 0 Å². The van der Waals surface area contributed by atoms with E-state index in [4.69, 9.17) is 0 Å². The average Bonchev–Trinajstić information content (AvgIpc) is 2.73. The Hall–Kier alpha value is -3.26. The van der Waals surface area contributed by atoms with Crippen LogP contribution in [0.5, 0.6) is 0 Å². The van der Waals surface area contributed by atoms with Gasteiger partial charge in [0.15, 0.2) is 0 Å². The molecule has 1 aliphatic rings. The smallest absolute Gasteiger partial charge is 0.0459 e. The molecule has 3 aromatic rings. The van der Waals surface area contributed by atoms with E-state index in [1.165, 1.54) is 28.2 Å². The number of nitrogens with one attached hydrogen (secondary N) is 1. The van der Waals surface area contributed by atoms with E-state index in [1.54, 1.807) is 0 Å². The molecule has 0 fully saturated rings. The third kappa shape index (κ3) is 4.17. The van der Waals surface area contributed by atoms with Crippen molar-refractivity contribution in [2.75, 3.05) is 10.2 Å². The molecule has 0 atom stereocenters. The van der Waals surface area contributed by atoms with Crippen LogP contribution in [0, 0.1) is 6.92 Å². The molecule has 2 nitrogen and oxygen atoms in total. The summed E-state index contributed by atoms with van der Waals surface area (Å²) in [7, 11) is 0. The van der Waals surface area contributed by atoms with E-state index in [0.29, 0.717) is 0 Å². The number of hydrogen-bond acceptors (Lipinski definition) is 2. The highest BCUT2D eigenvalue weighted by Gasteiger charge is 2.16. The van der Waals surface area contributed by atoms with E-state index in [1.807, 2.05) is 0 Å². The highest BCUT2D eigenvalue weighted by atomic mass is 15.1. The third-order valence-electron chi connectivity index (χ3n) is 5.10. The van der Waals surface area contributed by atoms with Crippen molar-refractivity contribution in [2.24, 2.45) is 0 Å². The zero-order valence-corrected chi connectivity index (χ0v) is 16.5. The van der Waals surface area contributed by atoms with Crippen LogP contribution in [-0.2, 0) is 0 Å². The van der Waals surface area contributed by atoms with Crippen molar-refractivity contribution in [2.45, 2.75) is 26.7 Å². The van der Waals surface area contributed by atoms with Crippen molar-refractivity contribution in [3.63, 3.8) is 0 Å². The summed E-state index contributed by atoms with van der Waals surface area (Å²) in [5.41, 5.74) is 8.61. The van der Waals surface area contributed by atoms with Crippen molar-refractivity contribution in [3.05, 3.63) is 108 Å². The number of benzene rings is 3. The fourth-order valence-electron chi connectivity index (χ4n) is 3.47. The van der Waals surface area contributed by atoms with Gasteiger partial charge in [0.2, 0.25) is 0 Å². The van der Waals surface area contributed by atoms with Crippen LogP contribution in [0.25, 0.3) is 0 Å². The number of rotatable bonds is 5. The van der Waals surface area contributed by atoms with Crippen LogP contribution in [0.4, 0.5) is 22.7 Å². The van der Waals surface area contributed by atoms with Gasteiger partial charge < -0.3 is 10.2 Å². The maximum Gasteiger partial charge on any atom is 0.0459 e. The second-order valence-electron chi connectivity index (χ2n) is 7.38. The number of allylic oxidation sites excluding steroid dienone is 4. The Balaban J connectivity index is 1.62. The summed E-state index contributed by atoms with van der Waals surface area (Å²) >= 11 is 0. The summed E-state index contributed by atoms with van der Waals surface area (Å²) in [4.78, 5) is 2.36. The fraction of sp³-hybridized carbons (Fsp3) is 0.154. The van der Waals surface area contributed by atoms with Gasteiger partial charge in [-0.05, 0) is 81.3 Å². The summed E-state index contributed by atoms with van der Waals surface area (Å²) in [5, 5.41) is 3.48. The van der Waals surface area contributed by atoms with Crippen LogP contribution in [0.15, 0.2) is 102 Å². The van der Waals surface area contributed by atoms with E-state index in [2.05, 4.69) is 115 Å². The van der Waals surface area contributed by atoms with Gasteiger partial charge in [-0.15, -0.1) is 0 Å². The Morgan fingerprint density at radius 1 is 0.643 bits per heavy atom. The normalized spacial score (nSPS) is 13.5. The number of anilines is 4. The highest BCUT2D eigenvalue weighted by molar-refractivity contribution is 5.71. The highest BCUT2D eigenvalue weighted by Crippen LogP contribution is 2.34. The topological polar surface area (TPSA) is 15.3 Å². The molecule has 0 unspecified atom stereocenters. The second-order valence-corrected chi connectivity index (χ2v) is 7.38. The zero-order chi connectivity index (χ0) is 19.3. The van der Waals surface area contributed by atoms with Crippen LogP contribution >= 0.6 is 0 Å². The molecule has 0 heterocycles. The maximum absolute atomic E-state index is 3.48. The van der Waals surface area contributed by atoms with Crippen molar-refractivity contribution in [1.29, 1.82) is 0 Å². The minimum atomic E-state index is 1.06. The summed E-state index contributed by atoms with van der Waals surface area (Å²) in [6.07, 6.45) is 6.66. The van der Waals surface area contributed by atoms with Crippen molar-refractivity contribution < 1.29 is 0 Å². The molecular formula is C26H26N2. The number of nitrogens with zero attached hydrogens (tertiary/aromatic N) is 1. The maximum atomic E-state index is 3.48. The monoisotopic (exact) mass is 366 g/mol. The predicted octanol–water partition coefficient (Wildman–Crippen LogP) is 7.50. The molecule has 0 aliphatic heterocycles. The van der Waals surface area contributed by atoms with Gasteiger partial charge in [-0.25, -0.2) is 0 Å². The van der Waals surface area contributed by atoms with Crippen molar-refractivity contribution >= 4 is 22.7 Å². The molecule has 0 amide bonds. The summed E-state index contributed by atoms with van der Waals surface area (Å²) in [5.74, 6) is 0. The predicted molar refractivity (Wildman–Crippen MR) is 121 cm³/mol. The Labute approximate surface area is 167 Å². The zero-order valence-electron chi connectivity index (χ0n) is 16.5. The Morgan fingerprint density at radius 2 is 1.25 bits per heavy atom. The molecule has 140 valence electrons. The Morgan fingerprint density at radius 3 is 1.86 bits per heavy atom. The lowest BCUT2D eigenvalue weighted by atomic mass is 10.0. The molecule has 0 spiro atoms. The van der Waals surface area contributed by atoms with Gasteiger partial charge in [0, 0.05) is 28.4 Å². The molecule has 4 rings (SSSR count). The van der Waals surface area contributed by atoms with Gasteiger partial charge in [0.05, 0.1) is 0 Å².